The van der Waals surface area contributed by atoms with Crippen LogP contribution >= 0.6 is 12.6 Å². The normalized spacial score (nSPS) is 36.2. The van der Waals surface area contributed by atoms with Gasteiger partial charge in [0.15, 0.2) is 0 Å². The minimum Gasteiger partial charge on any atom is -0.373 e. The SMILES string of the molecule is C[C@@H]1CN(CC2(CS)CCC2)C[C@H](C)O1. The van der Waals surface area contributed by atoms with Crippen LogP contribution in [0.15, 0.2) is 0 Å². The maximum absolute atomic E-state index is 5.76. The second-order valence-corrected chi connectivity index (χ2v) is 5.78. The molecule has 0 N–H and O–H groups in total. The lowest BCUT2D eigenvalue weighted by atomic mass is 9.70. The van der Waals surface area contributed by atoms with Crippen molar-refractivity contribution in [2.24, 2.45) is 5.41 Å². The van der Waals surface area contributed by atoms with Gasteiger partial charge in [0.25, 0.3) is 0 Å². The summed E-state index contributed by atoms with van der Waals surface area (Å²) in [6.07, 6.45) is 4.93. The molecule has 2 rings (SSSR count). The van der Waals surface area contributed by atoms with Gasteiger partial charge in [0, 0.05) is 19.6 Å². The third-order valence-corrected chi connectivity index (χ3v) is 4.47. The molecule has 2 aliphatic rings. The molecular formula is C12H23NOS. The van der Waals surface area contributed by atoms with E-state index in [-0.39, 0.29) is 0 Å². The molecule has 1 aliphatic heterocycles. The van der Waals surface area contributed by atoms with Crippen LogP contribution in [0, 0.1) is 5.41 Å². The van der Waals surface area contributed by atoms with Crippen molar-refractivity contribution in [3.63, 3.8) is 0 Å². The van der Waals surface area contributed by atoms with Gasteiger partial charge < -0.3 is 4.74 Å². The highest BCUT2D eigenvalue weighted by Gasteiger charge is 2.38. The van der Waals surface area contributed by atoms with E-state index in [1.165, 1.54) is 25.8 Å². The Labute approximate surface area is 98.8 Å². The van der Waals surface area contributed by atoms with Crippen LogP contribution in [0.1, 0.15) is 33.1 Å². The Balaban J connectivity index is 1.87. The minimum atomic E-state index is 0.394. The zero-order valence-electron chi connectivity index (χ0n) is 9.91. The highest BCUT2D eigenvalue weighted by molar-refractivity contribution is 7.80. The van der Waals surface area contributed by atoms with E-state index in [0.717, 1.165) is 18.8 Å². The highest BCUT2D eigenvalue weighted by atomic mass is 32.1. The van der Waals surface area contributed by atoms with Crippen molar-refractivity contribution in [1.82, 2.24) is 4.90 Å². The van der Waals surface area contributed by atoms with Gasteiger partial charge in [-0.1, -0.05) is 6.42 Å². The zero-order valence-corrected chi connectivity index (χ0v) is 10.8. The van der Waals surface area contributed by atoms with E-state index < -0.39 is 0 Å². The first-order valence-electron chi connectivity index (χ1n) is 6.12. The van der Waals surface area contributed by atoms with E-state index >= 15 is 0 Å². The zero-order chi connectivity index (χ0) is 10.9. The van der Waals surface area contributed by atoms with Gasteiger partial charge in [0.05, 0.1) is 12.2 Å². The third kappa shape index (κ3) is 2.69. The molecule has 2 fully saturated rings. The van der Waals surface area contributed by atoms with Crippen molar-refractivity contribution >= 4 is 12.6 Å². The first kappa shape index (κ1) is 11.7. The topological polar surface area (TPSA) is 12.5 Å². The van der Waals surface area contributed by atoms with Crippen molar-refractivity contribution in [3.8, 4) is 0 Å². The van der Waals surface area contributed by atoms with E-state index in [4.69, 9.17) is 4.74 Å². The summed E-state index contributed by atoms with van der Waals surface area (Å²) in [5.41, 5.74) is 0.528. The van der Waals surface area contributed by atoms with E-state index in [1.54, 1.807) is 0 Å². The first-order chi connectivity index (χ1) is 7.13. The average molecular weight is 229 g/mol. The summed E-state index contributed by atoms with van der Waals surface area (Å²) in [7, 11) is 0. The molecule has 0 aromatic heterocycles. The van der Waals surface area contributed by atoms with E-state index in [1.807, 2.05) is 0 Å². The van der Waals surface area contributed by atoms with Crippen LogP contribution in [0.25, 0.3) is 0 Å². The van der Waals surface area contributed by atoms with Crippen molar-refractivity contribution in [3.05, 3.63) is 0 Å². The fraction of sp³-hybridized carbons (Fsp3) is 1.00. The summed E-state index contributed by atoms with van der Waals surface area (Å²) >= 11 is 4.52. The number of thiol groups is 1. The molecule has 1 heterocycles. The molecule has 1 aliphatic carbocycles. The molecule has 1 saturated carbocycles. The fourth-order valence-electron chi connectivity index (χ4n) is 2.93. The monoisotopic (exact) mass is 229 g/mol. The van der Waals surface area contributed by atoms with Crippen molar-refractivity contribution in [2.75, 3.05) is 25.4 Å². The van der Waals surface area contributed by atoms with Gasteiger partial charge in [0.2, 0.25) is 0 Å². The Kier molecular flexibility index (Phi) is 3.63. The summed E-state index contributed by atoms with van der Waals surface area (Å²) in [4.78, 5) is 2.58. The molecule has 3 heteroatoms. The number of ether oxygens (including phenoxy) is 1. The van der Waals surface area contributed by atoms with Crippen molar-refractivity contribution in [1.29, 1.82) is 0 Å². The maximum Gasteiger partial charge on any atom is 0.0678 e. The van der Waals surface area contributed by atoms with Crippen molar-refractivity contribution < 1.29 is 4.74 Å². The molecular weight excluding hydrogens is 206 g/mol. The lowest BCUT2D eigenvalue weighted by molar-refractivity contribution is -0.0819. The van der Waals surface area contributed by atoms with Gasteiger partial charge in [-0.05, 0) is 37.9 Å². The Bertz CT molecular complexity index is 202. The van der Waals surface area contributed by atoms with E-state index in [2.05, 4.69) is 31.4 Å². The van der Waals surface area contributed by atoms with Gasteiger partial charge in [-0.2, -0.15) is 12.6 Å². The second-order valence-electron chi connectivity index (χ2n) is 5.46. The molecule has 0 bridgehead atoms. The number of hydrogen-bond donors (Lipinski definition) is 1. The van der Waals surface area contributed by atoms with Crippen molar-refractivity contribution in [2.45, 2.75) is 45.3 Å². The summed E-state index contributed by atoms with van der Waals surface area (Å²) in [6, 6.07) is 0. The smallest absolute Gasteiger partial charge is 0.0678 e. The van der Waals surface area contributed by atoms with Gasteiger partial charge in [0.1, 0.15) is 0 Å². The Morgan fingerprint density at radius 1 is 1.27 bits per heavy atom. The molecule has 0 amide bonds. The molecule has 15 heavy (non-hydrogen) atoms. The number of nitrogens with zero attached hydrogens (tertiary/aromatic N) is 1. The van der Waals surface area contributed by atoms with Gasteiger partial charge in [-0.3, -0.25) is 4.90 Å². The lowest BCUT2D eigenvalue weighted by Crippen LogP contribution is -2.51. The fourth-order valence-corrected chi connectivity index (χ4v) is 3.35. The highest BCUT2D eigenvalue weighted by Crippen LogP contribution is 2.42. The molecule has 2 atom stereocenters. The summed E-state index contributed by atoms with van der Waals surface area (Å²) in [6.45, 7) is 7.78. The molecule has 0 spiro atoms. The predicted molar refractivity (Wildman–Crippen MR) is 66.6 cm³/mol. The Hall–Kier alpha value is 0.270. The second kappa shape index (κ2) is 4.64. The summed E-state index contributed by atoms with van der Waals surface area (Å²) in [5, 5.41) is 0. The standard InChI is InChI=1S/C12H23NOS/c1-10-6-13(7-11(2)14-10)8-12(9-15)4-3-5-12/h10-11,15H,3-9H2,1-2H3/t10-,11+. The predicted octanol–water partition coefficient (Wildman–Crippen LogP) is 2.20. The van der Waals surface area contributed by atoms with E-state index in [9.17, 15) is 0 Å². The largest absolute Gasteiger partial charge is 0.373 e. The number of morpholine rings is 1. The van der Waals surface area contributed by atoms with Gasteiger partial charge in [-0.15, -0.1) is 0 Å². The van der Waals surface area contributed by atoms with Crippen LogP contribution in [0.5, 0.6) is 0 Å². The molecule has 88 valence electrons. The Morgan fingerprint density at radius 3 is 2.27 bits per heavy atom. The quantitative estimate of drug-likeness (QED) is 0.745. The van der Waals surface area contributed by atoms with E-state index in [0.29, 0.717) is 17.6 Å². The molecule has 0 aromatic rings. The number of rotatable bonds is 3. The molecule has 1 saturated heterocycles. The summed E-state index contributed by atoms with van der Waals surface area (Å²) in [5.74, 6) is 1.05. The number of hydrogen-bond acceptors (Lipinski definition) is 3. The molecule has 2 nitrogen and oxygen atoms in total. The van der Waals surface area contributed by atoms with Crippen LogP contribution in [0.2, 0.25) is 0 Å². The average Bonchev–Trinajstić information content (AvgIpc) is 2.10. The van der Waals surface area contributed by atoms with Gasteiger partial charge in [-0.25, -0.2) is 0 Å². The van der Waals surface area contributed by atoms with Crippen LogP contribution in [-0.2, 0) is 4.74 Å². The van der Waals surface area contributed by atoms with Crippen LogP contribution < -0.4 is 0 Å². The van der Waals surface area contributed by atoms with Crippen LogP contribution in [-0.4, -0.2) is 42.5 Å². The molecule has 0 radical (unpaired) electrons. The lowest BCUT2D eigenvalue weighted by Gasteiger charge is -2.46. The Morgan fingerprint density at radius 2 is 1.87 bits per heavy atom. The van der Waals surface area contributed by atoms with Gasteiger partial charge >= 0.3 is 0 Å². The summed E-state index contributed by atoms with van der Waals surface area (Å²) < 4.78 is 5.76. The first-order valence-corrected chi connectivity index (χ1v) is 6.75. The van der Waals surface area contributed by atoms with Crippen LogP contribution in [0.4, 0.5) is 0 Å². The third-order valence-electron chi connectivity index (χ3n) is 3.80. The molecule has 0 unspecified atom stereocenters. The minimum absolute atomic E-state index is 0.394. The van der Waals surface area contributed by atoms with Crippen LogP contribution in [0.3, 0.4) is 0 Å². The maximum atomic E-state index is 5.76. The molecule has 0 aromatic carbocycles.